The van der Waals surface area contributed by atoms with Gasteiger partial charge in [0.25, 0.3) is 5.91 Å². The lowest BCUT2D eigenvalue weighted by atomic mass is 10.1. The van der Waals surface area contributed by atoms with E-state index in [2.05, 4.69) is 4.99 Å². The quantitative estimate of drug-likeness (QED) is 0.909. The molecule has 1 aromatic carbocycles. The fourth-order valence-electron chi connectivity index (χ4n) is 2.26. The van der Waals surface area contributed by atoms with Gasteiger partial charge < -0.3 is 14.7 Å². The van der Waals surface area contributed by atoms with Crippen LogP contribution in [-0.2, 0) is 0 Å². The highest BCUT2D eigenvalue weighted by Crippen LogP contribution is 2.35. The standard InChI is InChI=1S/C14H18N2O3/c1-4-9-8-15-11-7-12(17)13(19-3)6-10(11)14(18)16(9)5-2/h6-9,17H,4-5H2,1-3H3. The van der Waals surface area contributed by atoms with Crippen LogP contribution in [0.5, 0.6) is 11.5 Å². The zero-order chi connectivity index (χ0) is 14.0. The van der Waals surface area contributed by atoms with E-state index < -0.39 is 0 Å². The molecule has 0 saturated heterocycles. The third-order valence-electron chi connectivity index (χ3n) is 3.33. The lowest BCUT2D eigenvalue weighted by Crippen LogP contribution is -2.39. The van der Waals surface area contributed by atoms with Crippen molar-refractivity contribution in [3.63, 3.8) is 0 Å². The largest absolute Gasteiger partial charge is 0.504 e. The predicted octanol–water partition coefficient (Wildman–Crippen LogP) is 2.36. The molecule has 1 aliphatic heterocycles. The van der Waals surface area contributed by atoms with Crippen molar-refractivity contribution in [3.8, 4) is 11.5 Å². The van der Waals surface area contributed by atoms with Gasteiger partial charge in [0.15, 0.2) is 11.5 Å². The molecule has 1 amide bonds. The van der Waals surface area contributed by atoms with Gasteiger partial charge in [-0.15, -0.1) is 0 Å². The molecular formula is C14H18N2O3. The van der Waals surface area contributed by atoms with Gasteiger partial charge in [0, 0.05) is 18.8 Å². The van der Waals surface area contributed by atoms with Crippen molar-refractivity contribution < 1.29 is 14.6 Å². The van der Waals surface area contributed by atoms with Crippen LogP contribution in [0, 0.1) is 0 Å². The highest BCUT2D eigenvalue weighted by atomic mass is 16.5. The summed E-state index contributed by atoms with van der Waals surface area (Å²) in [5.74, 6) is 0.192. The number of methoxy groups -OCH3 is 1. The number of ether oxygens (including phenoxy) is 1. The van der Waals surface area contributed by atoms with Crippen LogP contribution in [-0.4, -0.2) is 41.8 Å². The Bertz CT molecular complexity index is 526. The minimum absolute atomic E-state index is 0.0100. The Kier molecular flexibility index (Phi) is 3.74. The van der Waals surface area contributed by atoms with E-state index in [0.29, 0.717) is 17.8 Å². The van der Waals surface area contributed by atoms with Gasteiger partial charge in [-0.25, -0.2) is 0 Å². The van der Waals surface area contributed by atoms with E-state index in [9.17, 15) is 9.90 Å². The lowest BCUT2D eigenvalue weighted by Gasteiger charge is -2.26. The number of phenolic OH excluding ortho intramolecular Hbond substituents is 1. The van der Waals surface area contributed by atoms with E-state index in [1.165, 1.54) is 13.2 Å². The molecule has 2 rings (SSSR count). The van der Waals surface area contributed by atoms with Gasteiger partial charge in [-0.1, -0.05) is 6.92 Å². The Morgan fingerprint density at radius 1 is 1.42 bits per heavy atom. The molecule has 102 valence electrons. The first-order valence-corrected chi connectivity index (χ1v) is 6.38. The van der Waals surface area contributed by atoms with Gasteiger partial charge in [0.1, 0.15) is 0 Å². The number of carbonyl (C=O) groups is 1. The Labute approximate surface area is 112 Å². The smallest absolute Gasteiger partial charge is 0.256 e. The number of aliphatic imine (C=N–C) groups is 1. The number of amides is 1. The van der Waals surface area contributed by atoms with E-state index in [-0.39, 0.29) is 23.4 Å². The number of rotatable bonds is 3. The molecule has 0 aromatic heterocycles. The summed E-state index contributed by atoms with van der Waals surface area (Å²) < 4.78 is 5.05. The van der Waals surface area contributed by atoms with Crippen LogP contribution in [0.1, 0.15) is 30.6 Å². The average Bonchev–Trinajstić information content (AvgIpc) is 2.54. The normalized spacial score (nSPS) is 18.2. The van der Waals surface area contributed by atoms with Crippen molar-refractivity contribution >= 4 is 17.8 Å². The molecule has 1 N–H and O–H groups in total. The zero-order valence-electron chi connectivity index (χ0n) is 11.4. The maximum absolute atomic E-state index is 12.5. The minimum Gasteiger partial charge on any atom is -0.504 e. The van der Waals surface area contributed by atoms with Crippen LogP contribution in [0.4, 0.5) is 5.69 Å². The van der Waals surface area contributed by atoms with Crippen molar-refractivity contribution in [2.24, 2.45) is 4.99 Å². The van der Waals surface area contributed by atoms with Crippen molar-refractivity contribution in [3.05, 3.63) is 17.7 Å². The maximum Gasteiger partial charge on any atom is 0.256 e. The second-order valence-corrected chi connectivity index (χ2v) is 4.39. The SMILES string of the molecule is CCC1C=Nc2cc(O)c(OC)cc2C(=O)N1CC. The lowest BCUT2D eigenvalue weighted by molar-refractivity contribution is 0.0738. The number of aromatic hydroxyl groups is 1. The van der Waals surface area contributed by atoms with Gasteiger partial charge in [-0.3, -0.25) is 9.79 Å². The molecule has 1 heterocycles. The number of benzene rings is 1. The van der Waals surface area contributed by atoms with Crippen LogP contribution >= 0.6 is 0 Å². The number of fused-ring (bicyclic) bond motifs is 1. The molecule has 0 saturated carbocycles. The molecule has 5 heteroatoms. The van der Waals surface area contributed by atoms with Crippen LogP contribution in [0.25, 0.3) is 0 Å². The predicted molar refractivity (Wildman–Crippen MR) is 73.6 cm³/mol. The molecule has 0 fully saturated rings. The molecule has 0 bridgehead atoms. The number of hydrogen-bond donors (Lipinski definition) is 1. The van der Waals surface area contributed by atoms with E-state index in [1.807, 2.05) is 13.8 Å². The molecule has 0 aliphatic carbocycles. The Morgan fingerprint density at radius 3 is 2.74 bits per heavy atom. The molecule has 1 aromatic rings. The maximum atomic E-state index is 12.5. The summed E-state index contributed by atoms with van der Waals surface area (Å²) in [4.78, 5) is 18.6. The van der Waals surface area contributed by atoms with Gasteiger partial charge >= 0.3 is 0 Å². The molecular weight excluding hydrogens is 244 g/mol. The Balaban J connectivity index is 2.55. The molecule has 0 radical (unpaired) electrons. The first-order valence-electron chi connectivity index (χ1n) is 6.38. The van der Waals surface area contributed by atoms with Crippen LogP contribution in [0.3, 0.4) is 0 Å². The summed E-state index contributed by atoms with van der Waals surface area (Å²) in [6.45, 7) is 4.57. The third kappa shape index (κ3) is 2.28. The monoisotopic (exact) mass is 262 g/mol. The summed E-state index contributed by atoms with van der Waals surface area (Å²) in [5, 5.41) is 9.77. The highest BCUT2D eigenvalue weighted by Gasteiger charge is 2.27. The molecule has 0 spiro atoms. The summed E-state index contributed by atoms with van der Waals surface area (Å²) in [5.41, 5.74) is 0.946. The first-order chi connectivity index (χ1) is 9.12. The molecule has 19 heavy (non-hydrogen) atoms. The van der Waals surface area contributed by atoms with Crippen LogP contribution in [0.2, 0.25) is 0 Å². The van der Waals surface area contributed by atoms with E-state index in [0.717, 1.165) is 6.42 Å². The fourth-order valence-corrected chi connectivity index (χ4v) is 2.26. The summed E-state index contributed by atoms with van der Waals surface area (Å²) >= 11 is 0. The molecule has 5 nitrogen and oxygen atoms in total. The summed E-state index contributed by atoms with van der Waals surface area (Å²) in [6, 6.07) is 3.00. The van der Waals surface area contributed by atoms with Gasteiger partial charge in [-0.2, -0.15) is 0 Å². The number of phenols is 1. The van der Waals surface area contributed by atoms with Crippen molar-refractivity contribution in [2.75, 3.05) is 13.7 Å². The number of nitrogens with zero attached hydrogens (tertiary/aromatic N) is 2. The number of hydrogen-bond acceptors (Lipinski definition) is 4. The zero-order valence-corrected chi connectivity index (χ0v) is 11.4. The summed E-state index contributed by atoms with van der Waals surface area (Å²) in [7, 11) is 1.46. The average molecular weight is 262 g/mol. The topological polar surface area (TPSA) is 62.1 Å². The van der Waals surface area contributed by atoms with Crippen LogP contribution in [0.15, 0.2) is 17.1 Å². The van der Waals surface area contributed by atoms with Crippen LogP contribution < -0.4 is 4.74 Å². The second kappa shape index (κ2) is 5.30. The second-order valence-electron chi connectivity index (χ2n) is 4.39. The first kappa shape index (κ1) is 13.4. The van der Waals surface area contributed by atoms with E-state index >= 15 is 0 Å². The van der Waals surface area contributed by atoms with Gasteiger partial charge in [-0.05, 0) is 19.4 Å². The van der Waals surface area contributed by atoms with Gasteiger partial charge in [0.05, 0.1) is 24.4 Å². The highest BCUT2D eigenvalue weighted by molar-refractivity contribution is 6.03. The van der Waals surface area contributed by atoms with Crippen molar-refractivity contribution in [1.29, 1.82) is 0 Å². The fraction of sp³-hybridized carbons (Fsp3) is 0.429. The van der Waals surface area contributed by atoms with E-state index in [4.69, 9.17) is 4.74 Å². The van der Waals surface area contributed by atoms with Gasteiger partial charge in [0.2, 0.25) is 0 Å². The molecule has 1 aliphatic rings. The molecule has 1 unspecified atom stereocenters. The van der Waals surface area contributed by atoms with Crippen molar-refractivity contribution in [1.82, 2.24) is 4.90 Å². The minimum atomic E-state index is -0.0832. The third-order valence-corrected chi connectivity index (χ3v) is 3.33. The Hall–Kier alpha value is -2.04. The Morgan fingerprint density at radius 2 is 2.16 bits per heavy atom. The molecule has 1 atom stereocenters. The summed E-state index contributed by atoms with van der Waals surface area (Å²) in [6.07, 6.45) is 2.57. The number of carbonyl (C=O) groups excluding carboxylic acids is 1. The van der Waals surface area contributed by atoms with Crippen molar-refractivity contribution in [2.45, 2.75) is 26.3 Å². The van der Waals surface area contributed by atoms with E-state index in [1.54, 1.807) is 17.2 Å².